The average molecular weight is 292 g/mol. The van der Waals surface area contributed by atoms with Gasteiger partial charge in [0.25, 0.3) is 0 Å². The molecule has 0 bridgehead atoms. The number of amides is 2. The van der Waals surface area contributed by atoms with Gasteiger partial charge in [-0.2, -0.15) is 0 Å². The summed E-state index contributed by atoms with van der Waals surface area (Å²) in [5.74, 6) is 0. The SMILES string of the molecule is CC(C)(C)c1ccc(NC(=O)NCCCCCCO)cc1. The molecular weight excluding hydrogens is 264 g/mol. The van der Waals surface area contributed by atoms with E-state index in [1.165, 1.54) is 5.56 Å². The number of unbranched alkanes of at least 4 members (excludes halogenated alkanes) is 3. The van der Waals surface area contributed by atoms with Gasteiger partial charge >= 0.3 is 6.03 Å². The zero-order valence-corrected chi connectivity index (χ0v) is 13.4. The quantitative estimate of drug-likeness (QED) is 0.672. The van der Waals surface area contributed by atoms with Crippen LogP contribution in [0.2, 0.25) is 0 Å². The van der Waals surface area contributed by atoms with Crippen molar-refractivity contribution in [3.63, 3.8) is 0 Å². The Labute approximate surface area is 128 Å². The van der Waals surface area contributed by atoms with Gasteiger partial charge in [0.15, 0.2) is 0 Å². The van der Waals surface area contributed by atoms with Gasteiger partial charge < -0.3 is 15.7 Å². The third kappa shape index (κ3) is 7.14. The van der Waals surface area contributed by atoms with E-state index in [-0.39, 0.29) is 18.1 Å². The van der Waals surface area contributed by atoms with E-state index < -0.39 is 0 Å². The van der Waals surface area contributed by atoms with Gasteiger partial charge in [-0.25, -0.2) is 4.79 Å². The third-order valence-corrected chi connectivity index (χ3v) is 3.38. The van der Waals surface area contributed by atoms with E-state index in [1.807, 2.05) is 24.3 Å². The van der Waals surface area contributed by atoms with Crippen molar-refractivity contribution >= 4 is 11.7 Å². The maximum atomic E-state index is 11.7. The molecule has 0 unspecified atom stereocenters. The monoisotopic (exact) mass is 292 g/mol. The molecule has 0 fully saturated rings. The van der Waals surface area contributed by atoms with Crippen LogP contribution in [-0.4, -0.2) is 24.3 Å². The molecule has 0 spiro atoms. The molecule has 0 saturated carbocycles. The fourth-order valence-corrected chi connectivity index (χ4v) is 2.02. The molecule has 1 aromatic rings. The van der Waals surface area contributed by atoms with Gasteiger partial charge in [-0.05, 0) is 36.0 Å². The molecule has 0 saturated heterocycles. The molecule has 0 aliphatic rings. The molecule has 0 heterocycles. The molecule has 21 heavy (non-hydrogen) atoms. The van der Waals surface area contributed by atoms with Crippen LogP contribution in [0.5, 0.6) is 0 Å². The molecule has 118 valence electrons. The largest absolute Gasteiger partial charge is 0.396 e. The molecule has 3 N–H and O–H groups in total. The van der Waals surface area contributed by atoms with Crippen LogP contribution in [0.25, 0.3) is 0 Å². The second kappa shape index (κ2) is 8.67. The van der Waals surface area contributed by atoms with Gasteiger partial charge in [0, 0.05) is 18.8 Å². The smallest absolute Gasteiger partial charge is 0.319 e. The van der Waals surface area contributed by atoms with E-state index in [9.17, 15) is 4.79 Å². The summed E-state index contributed by atoms with van der Waals surface area (Å²) in [6.45, 7) is 7.41. The highest BCUT2D eigenvalue weighted by Crippen LogP contribution is 2.23. The first-order chi connectivity index (χ1) is 9.93. The van der Waals surface area contributed by atoms with Gasteiger partial charge in [0.2, 0.25) is 0 Å². The Kier molecular flexibility index (Phi) is 7.23. The summed E-state index contributed by atoms with van der Waals surface area (Å²) in [6.07, 6.45) is 3.82. The number of anilines is 1. The Morgan fingerprint density at radius 1 is 1.05 bits per heavy atom. The Morgan fingerprint density at radius 3 is 2.24 bits per heavy atom. The van der Waals surface area contributed by atoms with Gasteiger partial charge in [-0.15, -0.1) is 0 Å². The van der Waals surface area contributed by atoms with Crippen LogP contribution in [0, 0.1) is 0 Å². The third-order valence-electron chi connectivity index (χ3n) is 3.38. The summed E-state index contributed by atoms with van der Waals surface area (Å²) in [5, 5.41) is 14.3. The molecule has 1 rings (SSSR count). The molecule has 1 aromatic carbocycles. The number of urea groups is 1. The number of aliphatic hydroxyl groups excluding tert-OH is 1. The van der Waals surface area contributed by atoms with Crippen molar-refractivity contribution in [2.75, 3.05) is 18.5 Å². The van der Waals surface area contributed by atoms with E-state index in [1.54, 1.807) is 0 Å². The first-order valence-electron chi connectivity index (χ1n) is 7.70. The van der Waals surface area contributed by atoms with E-state index in [0.717, 1.165) is 31.4 Å². The Bertz CT molecular complexity index is 421. The van der Waals surface area contributed by atoms with Crippen molar-refractivity contribution in [3.8, 4) is 0 Å². The lowest BCUT2D eigenvalue weighted by atomic mass is 9.87. The van der Waals surface area contributed by atoms with Gasteiger partial charge in [0.05, 0.1) is 0 Å². The maximum absolute atomic E-state index is 11.7. The van der Waals surface area contributed by atoms with E-state index in [2.05, 4.69) is 31.4 Å². The number of nitrogens with one attached hydrogen (secondary N) is 2. The molecule has 0 aromatic heterocycles. The number of rotatable bonds is 7. The Balaban J connectivity index is 2.28. The first-order valence-corrected chi connectivity index (χ1v) is 7.70. The maximum Gasteiger partial charge on any atom is 0.319 e. The predicted molar refractivity (Wildman–Crippen MR) is 87.7 cm³/mol. The fourth-order valence-electron chi connectivity index (χ4n) is 2.02. The summed E-state index contributed by atoms with van der Waals surface area (Å²) in [4.78, 5) is 11.7. The molecule has 0 radical (unpaired) electrons. The van der Waals surface area contributed by atoms with Crippen LogP contribution in [0.15, 0.2) is 24.3 Å². The van der Waals surface area contributed by atoms with Crippen LogP contribution in [0.3, 0.4) is 0 Å². The Hall–Kier alpha value is -1.55. The molecule has 4 heteroatoms. The zero-order chi connectivity index (χ0) is 15.7. The zero-order valence-electron chi connectivity index (χ0n) is 13.4. The lowest BCUT2D eigenvalue weighted by Crippen LogP contribution is -2.29. The van der Waals surface area contributed by atoms with E-state index in [4.69, 9.17) is 5.11 Å². The van der Waals surface area contributed by atoms with Crippen molar-refractivity contribution in [1.82, 2.24) is 5.32 Å². The molecule has 0 aliphatic carbocycles. The van der Waals surface area contributed by atoms with Crippen LogP contribution >= 0.6 is 0 Å². The summed E-state index contributed by atoms with van der Waals surface area (Å²) < 4.78 is 0. The summed E-state index contributed by atoms with van der Waals surface area (Å²) >= 11 is 0. The molecule has 2 amide bonds. The molecule has 0 atom stereocenters. The van der Waals surface area contributed by atoms with Crippen molar-refractivity contribution in [2.24, 2.45) is 0 Å². The highest BCUT2D eigenvalue weighted by molar-refractivity contribution is 5.89. The van der Waals surface area contributed by atoms with E-state index >= 15 is 0 Å². The van der Waals surface area contributed by atoms with Crippen LogP contribution in [0.1, 0.15) is 52.0 Å². The molecular formula is C17H28N2O2. The minimum Gasteiger partial charge on any atom is -0.396 e. The Morgan fingerprint density at radius 2 is 1.67 bits per heavy atom. The minimum absolute atomic E-state index is 0.120. The first kappa shape index (κ1) is 17.5. The normalized spacial score (nSPS) is 11.2. The number of carbonyl (C=O) groups excluding carboxylic acids is 1. The van der Waals surface area contributed by atoms with Crippen molar-refractivity contribution < 1.29 is 9.90 Å². The van der Waals surface area contributed by atoms with Crippen LogP contribution < -0.4 is 10.6 Å². The van der Waals surface area contributed by atoms with Crippen LogP contribution in [-0.2, 0) is 5.41 Å². The second-order valence-corrected chi connectivity index (χ2v) is 6.35. The summed E-state index contributed by atoms with van der Waals surface area (Å²) in [6, 6.07) is 7.79. The topological polar surface area (TPSA) is 61.4 Å². The standard InChI is InChI=1S/C17H28N2O2/c1-17(2,3)14-8-10-15(11-9-14)19-16(21)18-12-6-4-5-7-13-20/h8-11,20H,4-7,12-13H2,1-3H3,(H2,18,19,21). The van der Waals surface area contributed by atoms with Gasteiger partial charge in [-0.1, -0.05) is 45.7 Å². The van der Waals surface area contributed by atoms with E-state index in [0.29, 0.717) is 6.54 Å². The average Bonchev–Trinajstić information content (AvgIpc) is 2.42. The lowest BCUT2D eigenvalue weighted by Gasteiger charge is -2.19. The molecule has 0 aliphatic heterocycles. The van der Waals surface area contributed by atoms with Crippen molar-refractivity contribution in [2.45, 2.75) is 51.9 Å². The van der Waals surface area contributed by atoms with Crippen LogP contribution in [0.4, 0.5) is 10.5 Å². The lowest BCUT2D eigenvalue weighted by molar-refractivity contribution is 0.251. The number of hydrogen-bond donors (Lipinski definition) is 3. The number of carbonyl (C=O) groups is 1. The summed E-state index contributed by atoms with van der Waals surface area (Å²) in [5.41, 5.74) is 2.17. The number of benzene rings is 1. The van der Waals surface area contributed by atoms with Crippen molar-refractivity contribution in [3.05, 3.63) is 29.8 Å². The number of aliphatic hydroxyl groups is 1. The van der Waals surface area contributed by atoms with Gasteiger partial charge in [0.1, 0.15) is 0 Å². The van der Waals surface area contributed by atoms with Crippen molar-refractivity contribution in [1.29, 1.82) is 0 Å². The molecule has 4 nitrogen and oxygen atoms in total. The minimum atomic E-state index is -0.166. The highest BCUT2D eigenvalue weighted by atomic mass is 16.2. The predicted octanol–water partition coefficient (Wildman–Crippen LogP) is 3.66. The van der Waals surface area contributed by atoms with Gasteiger partial charge in [-0.3, -0.25) is 0 Å². The number of hydrogen-bond acceptors (Lipinski definition) is 2. The fraction of sp³-hybridized carbons (Fsp3) is 0.588. The second-order valence-electron chi connectivity index (χ2n) is 6.35. The summed E-state index contributed by atoms with van der Waals surface area (Å²) in [7, 11) is 0. The highest BCUT2D eigenvalue weighted by Gasteiger charge is 2.13.